The molecule has 6 nitrogen and oxygen atoms in total. The molecule has 0 unspecified atom stereocenters. The molecule has 0 saturated heterocycles. The molecule has 360 valence electrons. The summed E-state index contributed by atoms with van der Waals surface area (Å²) in [5.74, 6) is -1.99. The first-order chi connectivity index (χ1) is 29.3. The fraction of sp³-hybridized carbons (Fsp3) is 0.833. The maximum absolute atomic E-state index is 10.3. The van der Waals surface area contributed by atoms with Crippen molar-refractivity contribution in [2.24, 2.45) is 0 Å². The molecule has 0 spiro atoms. The second-order valence-electron chi connectivity index (χ2n) is 17.2. The molecule has 0 amide bonds. The van der Waals surface area contributed by atoms with E-state index >= 15 is 0 Å². The van der Waals surface area contributed by atoms with E-state index in [9.17, 15) is 14.4 Å². The summed E-state index contributed by atoms with van der Waals surface area (Å²) < 4.78 is 0. The fourth-order valence-electron chi connectivity index (χ4n) is 7.04. The van der Waals surface area contributed by atoms with E-state index in [0.717, 1.165) is 38.5 Å². The van der Waals surface area contributed by atoms with E-state index in [1.165, 1.54) is 212 Å². The zero-order chi connectivity index (χ0) is 44.7. The number of unbranched alkanes of at least 4 members (excludes halogenated alkanes) is 33. The molecule has 0 atom stereocenters. The van der Waals surface area contributed by atoms with E-state index in [-0.39, 0.29) is 40.4 Å². The van der Waals surface area contributed by atoms with Crippen LogP contribution in [-0.2, 0) is 14.4 Å². The SMILES string of the molecule is CCCCCCCC/C=C\CCCCCCCC(=O)O.CCCCCCCC/C=C\CCCCCCCC(=O)O.CCCCCCCC/C=C\CCCCCCCC(=O)O.[Sm]. The van der Waals surface area contributed by atoms with E-state index in [4.69, 9.17) is 15.3 Å². The molecule has 0 aliphatic heterocycles. The third-order valence-corrected chi connectivity index (χ3v) is 11.0. The van der Waals surface area contributed by atoms with Gasteiger partial charge < -0.3 is 15.3 Å². The summed E-state index contributed by atoms with van der Waals surface area (Å²) in [6, 6.07) is 0. The van der Waals surface area contributed by atoms with Gasteiger partial charge >= 0.3 is 17.9 Å². The van der Waals surface area contributed by atoms with Crippen LogP contribution in [0.2, 0.25) is 0 Å². The standard InChI is InChI=1S/3C18H34O2.Sm/c3*1-2-3-4-5-6-7-8-9-10-11-12-13-14-15-16-17-18(19)20;/h3*9-10H,2-8,11-17H2,1H3,(H,19,20);/b3*10-9-;. The Balaban J connectivity index is -0.000000396. The molecular formula is C54H102O6Sm. The number of rotatable bonds is 45. The van der Waals surface area contributed by atoms with Crippen molar-refractivity contribution in [1.29, 1.82) is 0 Å². The molecule has 0 radical (unpaired) electrons. The van der Waals surface area contributed by atoms with Crippen LogP contribution in [0.4, 0.5) is 0 Å². The van der Waals surface area contributed by atoms with E-state index in [1.807, 2.05) is 0 Å². The molecule has 0 aliphatic rings. The van der Waals surface area contributed by atoms with Gasteiger partial charge in [0.05, 0.1) is 0 Å². The topological polar surface area (TPSA) is 112 Å². The average molecular weight is 998 g/mol. The predicted octanol–water partition coefficient (Wildman–Crippen LogP) is 18.3. The molecule has 0 aromatic carbocycles. The van der Waals surface area contributed by atoms with Gasteiger partial charge in [-0.2, -0.15) is 0 Å². The Morgan fingerprint density at radius 2 is 0.410 bits per heavy atom. The number of carboxylic acid groups (broad SMARTS) is 3. The third kappa shape index (κ3) is 76.6. The number of allylic oxidation sites excluding steroid dienone is 6. The molecule has 0 rings (SSSR count). The summed E-state index contributed by atoms with van der Waals surface area (Å²) in [6.45, 7) is 6.78. The van der Waals surface area contributed by atoms with Crippen molar-refractivity contribution in [2.45, 2.75) is 290 Å². The van der Waals surface area contributed by atoms with Gasteiger partial charge in [-0.15, -0.1) is 0 Å². The van der Waals surface area contributed by atoms with Crippen LogP contribution >= 0.6 is 0 Å². The maximum Gasteiger partial charge on any atom is 0.303 e. The molecule has 61 heavy (non-hydrogen) atoms. The molecular weight excluding hydrogens is 895 g/mol. The molecule has 0 aromatic rings. The molecule has 0 saturated carbocycles. The number of carboxylic acids is 3. The van der Waals surface area contributed by atoms with E-state index in [0.29, 0.717) is 19.3 Å². The zero-order valence-corrected chi connectivity index (χ0v) is 43.3. The van der Waals surface area contributed by atoms with Gasteiger partial charge in [0.1, 0.15) is 0 Å². The summed E-state index contributed by atoms with van der Waals surface area (Å²) in [6.07, 6.45) is 63.7. The van der Waals surface area contributed by atoms with Gasteiger partial charge in [0.15, 0.2) is 0 Å². The smallest absolute Gasteiger partial charge is 0.303 e. The largest absolute Gasteiger partial charge is 0.481 e. The molecule has 7 heteroatoms. The molecule has 0 bridgehead atoms. The van der Waals surface area contributed by atoms with Crippen LogP contribution in [0.25, 0.3) is 0 Å². The minimum Gasteiger partial charge on any atom is -0.481 e. The minimum atomic E-state index is -0.664. The normalized spacial score (nSPS) is 11.1. The van der Waals surface area contributed by atoms with Crippen LogP contribution in [0.1, 0.15) is 290 Å². The van der Waals surface area contributed by atoms with Crippen LogP contribution in [0.5, 0.6) is 0 Å². The average Bonchev–Trinajstić information content (AvgIpc) is 3.22. The number of carbonyl (C=O) groups is 3. The molecule has 3 N–H and O–H groups in total. The summed E-state index contributed by atoms with van der Waals surface area (Å²) in [5.41, 5.74) is 0. The van der Waals surface area contributed by atoms with Crippen molar-refractivity contribution in [2.75, 3.05) is 0 Å². The first kappa shape index (κ1) is 66.6. The van der Waals surface area contributed by atoms with Crippen LogP contribution in [0.15, 0.2) is 36.5 Å². The predicted molar refractivity (Wildman–Crippen MR) is 261 cm³/mol. The monoisotopic (exact) mass is 999 g/mol. The fourth-order valence-corrected chi connectivity index (χ4v) is 7.04. The van der Waals surface area contributed by atoms with Gasteiger partial charge in [-0.1, -0.05) is 211 Å². The zero-order valence-electron chi connectivity index (χ0n) is 40.6. The summed E-state index contributed by atoms with van der Waals surface area (Å²) >= 11 is 0. The van der Waals surface area contributed by atoms with Crippen molar-refractivity contribution in [3.8, 4) is 0 Å². The van der Waals surface area contributed by atoms with Gasteiger partial charge in [0.25, 0.3) is 0 Å². The van der Waals surface area contributed by atoms with Crippen LogP contribution in [-0.4, -0.2) is 33.2 Å². The minimum absolute atomic E-state index is 0. The summed E-state index contributed by atoms with van der Waals surface area (Å²) in [5, 5.41) is 25.5. The third-order valence-electron chi connectivity index (χ3n) is 11.0. The van der Waals surface area contributed by atoms with Gasteiger partial charge in [-0.05, 0) is 96.3 Å². The Bertz CT molecular complexity index is 827. The Morgan fingerprint density at radius 3 is 0.574 bits per heavy atom. The van der Waals surface area contributed by atoms with Crippen LogP contribution in [0, 0.1) is 40.4 Å². The Kier molecular flexibility index (Phi) is 69.0. The van der Waals surface area contributed by atoms with Gasteiger partial charge in [0.2, 0.25) is 0 Å². The van der Waals surface area contributed by atoms with Crippen molar-refractivity contribution in [3.05, 3.63) is 36.5 Å². The van der Waals surface area contributed by atoms with Crippen molar-refractivity contribution in [3.63, 3.8) is 0 Å². The summed E-state index contributed by atoms with van der Waals surface area (Å²) in [4.78, 5) is 31.0. The number of hydrogen-bond acceptors (Lipinski definition) is 3. The quantitative estimate of drug-likeness (QED) is 0.0414. The van der Waals surface area contributed by atoms with E-state index in [1.54, 1.807) is 0 Å². The first-order valence-corrected chi connectivity index (χ1v) is 25.9. The summed E-state index contributed by atoms with van der Waals surface area (Å²) in [7, 11) is 0. The Morgan fingerprint density at radius 1 is 0.262 bits per heavy atom. The molecule has 0 heterocycles. The van der Waals surface area contributed by atoms with E-state index < -0.39 is 17.9 Å². The first-order valence-electron chi connectivity index (χ1n) is 25.9. The number of aliphatic carboxylic acids is 3. The van der Waals surface area contributed by atoms with Gasteiger partial charge in [0, 0.05) is 59.7 Å². The van der Waals surface area contributed by atoms with Crippen LogP contribution < -0.4 is 0 Å². The Labute approximate surface area is 411 Å². The molecule has 0 fully saturated rings. The van der Waals surface area contributed by atoms with Gasteiger partial charge in [-0.25, -0.2) is 0 Å². The molecule has 0 aromatic heterocycles. The van der Waals surface area contributed by atoms with Crippen molar-refractivity contribution >= 4 is 17.9 Å². The van der Waals surface area contributed by atoms with Crippen molar-refractivity contribution in [1.82, 2.24) is 0 Å². The molecule has 0 aliphatic carbocycles. The second-order valence-corrected chi connectivity index (χ2v) is 17.2. The Hall–Kier alpha value is -1.03. The van der Waals surface area contributed by atoms with E-state index in [2.05, 4.69) is 57.2 Å². The van der Waals surface area contributed by atoms with Crippen molar-refractivity contribution < 1.29 is 70.1 Å². The number of hydrogen-bond donors (Lipinski definition) is 3. The van der Waals surface area contributed by atoms with Gasteiger partial charge in [-0.3, -0.25) is 14.4 Å². The maximum atomic E-state index is 10.3. The second kappa shape index (κ2) is 63.3. The van der Waals surface area contributed by atoms with Crippen LogP contribution in [0.3, 0.4) is 0 Å².